The number of hydrogen-bond acceptors (Lipinski definition) is 3. The van der Waals surface area contributed by atoms with Crippen molar-refractivity contribution in [1.29, 1.82) is 0 Å². The highest BCUT2D eigenvalue weighted by molar-refractivity contribution is 7.25. The van der Waals surface area contributed by atoms with Crippen LogP contribution >= 0.6 is 11.3 Å². The third kappa shape index (κ3) is 2.59. The van der Waals surface area contributed by atoms with Gasteiger partial charge < -0.3 is 4.32 Å². The summed E-state index contributed by atoms with van der Waals surface area (Å²) in [4.78, 5) is 11.1. The van der Waals surface area contributed by atoms with E-state index in [1.165, 1.54) is 19.0 Å². The maximum Gasteiger partial charge on any atom is 0.377 e. The molecule has 1 aromatic heterocycles. The van der Waals surface area contributed by atoms with Gasteiger partial charge in [0.2, 0.25) is 0 Å². The Labute approximate surface area is 148 Å². The number of fused-ring (bicyclic) bond motifs is 3. The molecule has 0 atom stereocenters. The van der Waals surface area contributed by atoms with Gasteiger partial charge in [-0.25, -0.2) is 0 Å². The first-order valence-electron chi connectivity index (χ1n) is 7.89. The van der Waals surface area contributed by atoms with Crippen LogP contribution in [0.25, 0.3) is 31.3 Å². The molecule has 3 aromatic carbocycles. The third-order valence-corrected chi connectivity index (χ3v) is 5.51. The van der Waals surface area contributed by atoms with Crippen LogP contribution in [0.5, 0.6) is 0 Å². The van der Waals surface area contributed by atoms with Gasteiger partial charge in [-0.1, -0.05) is 42.5 Å². The third-order valence-electron chi connectivity index (χ3n) is 4.37. The van der Waals surface area contributed by atoms with E-state index in [2.05, 4.69) is 0 Å². The lowest BCUT2D eigenvalue weighted by Crippen LogP contribution is -2.21. The molecular formula is C19H13BFNO2S. The Kier molecular flexibility index (Phi) is 3.77. The van der Waals surface area contributed by atoms with Crippen LogP contribution in [0.15, 0.2) is 60.7 Å². The number of hydrogen-bond donors (Lipinski definition) is 0. The topological polar surface area (TPSA) is 43.1 Å². The molecule has 0 N–H and O–H groups in total. The molecule has 0 unspecified atom stereocenters. The Hall–Kier alpha value is -2.73. The van der Waals surface area contributed by atoms with Gasteiger partial charge in [0.05, 0.1) is 10.5 Å². The molecule has 6 heteroatoms. The SMILES string of the molecule is CB(F)c1ccc([N+](=O)[O-])c(-c2cccc3sc4ccccc4c23)c1. The van der Waals surface area contributed by atoms with E-state index in [-0.39, 0.29) is 5.69 Å². The molecule has 1 heterocycles. The molecule has 0 spiro atoms. The van der Waals surface area contributed by atoms with Gasteiger partial charge in [0, 0.05) is 26.2 Å². The van der Waals surface area contributed by atoms with E-state index < -0.39 is 11.9 Å². The molecule has 0 amide bonds. The van der Waals surface area contributed by atoms with Crippen molar-refractivity contribution in [1.82, 2.24) is 0 Å². The summed E-state index contributed by atoms with van der Waals surface area (Å²) in [7, 11) is 0. The number of thiophene rings is 1. The number of nitrogens with zero attached hydrogens (tertiary/aromatic N) is 1. The number of rotatable bonds is 3. The van der Waals surface area contributed by atoms with Crippen LogP contribution in [0, 0.1) is 10.1 Å². The van der Waals surface area contributed by atoms with E-state index >= 15 is 0 Å². The second kappa shape index (κ2) is 5.97. The molecule has 25 heavy (non-hydrogen) atoms. The fraction of sp³-hybridized carbons (Fsp3) is 0.0526. The highest BCUT2D eigenvalue weighted by Gasteiger charge is 2.21. The van der Waals surface area contributed by atoms with Crippen molar-refractivity contribution in [3.63, 3.8) is 0 Å². The normalized spacial score (nSPS) is 11.1. The minimum absolute atomic E-state index is 0.00724. The molecule has 0 aliphatic heterocycles. The molecule has 0 saturated carbocycles. The summed E-state index contributed by atoms with van der Waals surface area (Å²) in [5, 5.41) is 13.6. The lowest BCUT2D eigenvalue weighted by atomic mass is 9.66. The van der Waals surface area contributed by atoms with Crippen LogP contribution in [0.2, 0.25) is 6.82 Å². The molecule has 0 saturated heterocycles. The molecule has 0 radical (unpaired) electrons. The van der Waals surface area contributed by atoms with Gasteiger partial charge in [0.25, 0.3) is 5.69 Å². The van der Waals surface area contributed by atoms with E-state index in [0.717, 1.165) is 25.7 Å². The molecule has 4 aromatic rings. The Morgan fingerprint density at radius 3 is 2.52 bits per heavy atom. The first-order valence-corrected chi connectivity index (χ1v) is 8.71. The second-order valence-electron chi connectivity index (χ2n) is 5.93. The van der Waals surface area contributed by atoms with Crippen molar-refractivity contribution in [2.45, 2.75) is 6.82 Å². The maximum atomic E-state index is 13.8. The van der Waals surface area contributed by atoms with E-state index in [9.17, 15) is 14.4 Å². The minimum atomic E-state index is -1.18. The molecule has 3 nitrogen and oxygen atoms in total. The predicted molar refractivity (Wildman–Crippen MR) is 104 cm³/mol. The van der Waals surface area contributed by atoms with Crippen LogP contribution < -0.4 is 5.46 Å². The molecule has 0 bridgehead atoms. The quantitative estimate of drug-likeness (QED) is 0.281. The fourth-order valence-corrected chi connectivity index (χ4v) is 4.31. The van der Waals surface area contributed by atoms with E-state index in [0.29, 0.717) is 11.0 Å². The number of nitro groups is 1. The van der Waals surface area contributed by atoms with Gasteiger partial charge in [-0.05, 0) is 30.0 Å². The zero-order valence-corrected chi connectivity index (χ0v) is 14.2. The zero-order valence-electron chi connectivity index (χ0n) is 13.4. The van der Waals surface area contributed by atoms with Crippen molar-refractivity contribution < 1.29 is 9.24 Å². The lowest BCUT2D eigenvalue weighted by molar-refractivity contribution is -0.384. The average Bonchev–Trinajstić information content (AvgIpc) is 2.99. The van der Waals surface area contributed by atoms with Gasteiger partial charge in [0.15, 0.2) is 0 Å². The number of halogens is 1. The first-order chi connectivity index (χ1) is 12.1. The monoisotopic (exact) mass is 349 g/mol. The van der Waals surface area contributed by atoms with E-state index in [1.54, 1.807) is 17.4 Å². The maximum absolute atomic E-state index is 13.8. The summed E-state index contributed by atoms with van der Waals surface area (Å²) in [5.41, 5.74) is 1.66. The number of nitro benzene ring substituents is 1. The standard InChI is InChI=1S/C19H13BFNO2S/c1-20(21)12-9-10-16(22(23)24)15(11-12)13-6-4-8-18-19(13)14-5-2-3-7-17(14)25-18/h2-11H,1H3. The Balaban J connectivity index is 2.11. The van der Waals surface area contributed by atoms with Crippen molar-refractivity contribution in [2.75, 3.05) is 0 Å². The summed E-state index contributed by atoms with van der Waals surface area (Å²) < 4.78 is 16.0. The largest absolute Gasteiger partial charge is 0.377 e. The van der Waals surface area contributed by atoms with Gasteiger partial charge >= 0.3 is 6.99 Å². The Bertz CT molecular complexity index is 1120. The summed E-state index contributed by atoms with van der Waals surface area (Å²) in [6.07, 6.45) is 0. The summed E-state index contributed by atoms with van der Waals surface area (Å²) in [6, 6.07) is 18.3. The van der Waals surface area contributed by atoms with Crippen molar-refractivity contribution in [3.05, 3.63) is 70.8 Å². The minimum Gasteiger partial charge on any atom is -0.330 e. The molecule has 4 rings (SSSR count). The Morgan fingerprint density at radius 1 is 1.00 bits per heavy atom. The predicted octanol–water partition coefficient (Wildman–Crippen LogP) is 5.43. The first kappa shape index (κ1) is 15.8. The summed E-state index contributed by atoms with van der Waals surface area (Å²) in [5.74, 6) is 0. The van der Waals surface area contributed by atoms with E-state index in [4.69, 9.17) is 0 Å². The second-order valence-corrected chi connectivity index (χ2v) is 7.01. The van der Waals surface area contributed by atoms with Crippen LogP contribution in [-0.2, 0) is 0 Å². The highest BCUT2D eigenvalue weighted by Crippen LogP contribution is 2.41. The van der Waals surface area contributed by atoms with Crippen LogP contribution in [0.1, 0.15) is 0 Å². The van der Waals surface area contributed by atoms with Gasteiger partial charge in [-0.15, -0.1) is 11.3 Å². The summed E-state index contributed by atoms with van der Waals surface area (Å²) in [6.45, 7) is 0.254. The molecule has 0 aliphatic rings. The zero-order chi connectivity index (χ0) is 17.6. The van der Waals surface area contributed by atoms with Crippen LogP contribution in [0.4, 0.5) is 10.0 Å². The highest BCUT2D eigenvalue weighted by atomic mass is 32.1. The molecule has 0 aliphatic carbocycles. The van der Waals surface area contributed by atoms with Crippen LogP contribution in [0.3, 0.4) is 0 Å². The van der Waals surface area contributed by atoms with Gasteiger partial charge in [0.1, 0.15) is 0 Å². The number of benzene rings is 3. The van der Waals surface area contributed by atoms with Gasteiger partial charge in [-0.2, -0.15) is 0 Å². The average molecular weight is 349 g/mol. The Morgan fingerprint density at radius 2 is 1.76 bits per heavy atom. The lowest BCUT2D eigenvalue weighted by Gasteiger charge is -2.08. The van der Waals surface area contributed by atoms with Crippen molar-refractivity contribution >= 4 is 49.6 Å². The summed E-state index contributed by atoms with van der Waals surface area (Å²) >= 11 is 1.65. The van der Waals surface area contributed by atoms with Crippen molar-refractivity contribution in [3.8, 4) is 11.1 Å². The van der Waals surface area contributed by atoms with Gasteiger partial charge in [-0.3, -0.25) is 10.1 Å². The molecule has 122 valence electrons. The molecule has 0 fully saturated rings. The smallest absolute Gasteiger partial charge is 0.330 e. The molecular weight excluding hydrogens is 336 g/mol. The van der Waals surface area contributed by atoms with E-state index in [1.807, 2.05) is 42.5 Å². The van der Waals surface area contributed by atoms with Crippen molar-refractivity contribution in [2.24, 2.45) is 0 Å². The van der Waals surface area contributed by atoms with Crippen LogP contribution in [-0.4, -0.2) is 11.9 Å². The fourth-order valence-electron chi connectivity index (χ4n) is 3.18.